The van der Waals surface area contributed by atoms with Crippen molar-refractivity contribution in [3.05, 3.63) is 59.2 Å². The molecule has 4 rings (SSSR count). The van der Waals surface area contributed by atoms with Crippen LogP contribution in [0.15, 0.2) is 36.5 Å². The lowest BCUT2D eigenvalue weighted by Crippen LogP contribution is -2.33. The van der Waals surface area contributed by atoms with Crippen molar-refractivity contribution < 1.29 is 19.1 Å². The summed E-state index contributed by atoms with van der Waals surface area (Å²) in [6.07, 6.45) is 1.55. The highest BCUT2D eigenvalue weighted by atomic mass is 16.5. The van der Waals surface area contributed by atoms with E-state index in [2.05, 4.69) is 15.1 Å². The van der Waals surface area contributed by atoms with Crippen molar-refractivity contribution in [2.45, 2.75) is 6.92 Å². The van der Waals surface area contributed by atoms with Crippen LogP contribution in [-0.4, -0.2) is 49.0 Å². The van der Waals surface area contributed by atoms with Crippen molar-refractivity contribution >= 4 is 23.6 Å². The number of aryl methyl sites for hydroxylation is 1. The molecule has 0 bridgehead atoms. The Labute approximate surface area is 140 Å². The zero-order valence-electron chi connectivity index (χ0n) is 13.0. The number of carbonyl (C=O) groups is 3. The van der Waals surface area contributed by atoms with Gasteiger partial charge in [0.2, 0.25) is 0 Å². The minimum absolute atomic E-state index is 0.196. The highest BCUT2D eigenvalue weighted by Crippen LogP contribution is 2.22. The number of carbonyl (C=O) groups excluding carboxylic acids is 3. The number of rotatable bonds is 3. The largest absolute Gasteiger partial charge is 0.438 e. The summed E-state index contributed by atoms with van der Waals surface area (Å²) in [6, 6.07) is 8.14. The molecule has 0 fully saturated rings. The van der Waals surface area contributed by atoms with Gasteiger partial charge in [-0.15, -0.1) is 5.10 Å². The lowest BCUT2D eigenvalue weighted by Gasteiger charge is -2.12. The Balaban J connectivity index is 1.51. The van der Waals surface area contributed by atoms with Gasteiger partial charge >= 0.3 is 5.97 Å². The first-order valence-electron chi connectivity index (χ1n) is 7.37. The summed E-state index contributed by atoms with van der Waals surface area (Å²) in [4.78, 5) is 45.4. The Hall–Kier alpha value is -3.62. The lowest BCUT2D eigenvalue weighted by atomic mass is 10.1. The van der Waals surface area contributed by atoms with Gasteiger partial charge in [0.15, 0.2) is 6.73 Å². The second-order valence-corrected chi connectivity index (χ2v) is 5.38. The number of fused-ring (bicyclic) bond motifs is 2. The van der Waals surface area contributed by atoms with Crippen molar-refractivity contribution in [1.82, 2.24) is 24.5 Å². The van der Waals surface area contributed by atoms with Gasteiger partial charge in [-0.2, -0.15) is 4.98 Å². The van der Waals surface area contributed by atoms with Gasteiger partial charge in [0.1, 0.15) is 0 Å². The number of esters is 1. The molecule has 0 atom stereocenters. The number of imide groups is 1. The van der Waals surface area contributed by atoms with Gasteiger partial charge in [-0.3, -0.25) is 9.59 Å². The van der Waals surface area contributed by atoms with Crippen LogP contribution >= 0.6 is 0 Å². The number of aromatic nitrogens is 4. The minimum Gasteiger partial charge on any atom is -0.438 e. The fraction of sp³-hybridized carbons (Fsp3) is 0.125. The van der Waals surface area contributed by atoms with Crippen LogP contribution < -0.4 is 0 Å². The van der Waals surface area contributed by atoms with Crippen LogP contribution in [0, 0.1) is 6.92 Å². The van der Waals surface area contributed by atoms with Crippen LogP contribution in [0.2, 0.25) is 0 Å². The van der Waals surface area contributed by atoms with Gasteiger partial charge in [0.25, 0.3) is 23.4 Å². The predicted molar refractivity (Wildman–Crippen MR) is 82.7 cm³/mol. The molecule has 124 valence electrons. The van der Waals surface area contributed by atoms with Crippen LogP contribution in [0.1, 0.15) is 37.0 Å². The third-order valence-corrected chi connectivity index (χ3v) is 3.82. The number of nitrogens with zero attached hydrogens (tertiary/aromatic N) is 5. The van der Waals surface area contributed by atoms with E-state index in [1.54, 1.807) is 43.5 Å². The Morgan fingerprint density at radius 2 is 1.80 bits per heavy atom. The van der Waals surface area contributed by atoms with E-state index in [0.717, 1.165) is 10.6 Å². The van der Waals surface area contributed by atoms with Gasteiger partial charge in [-0.05, 0) is 25.1 Å². The van der Waals surface area contributed by atoms with E-state index in [9.17, 15) is 14.4 Å². The van der Waals surface area contributed by atoms with Crippen LogP contribution in [0.25, 0.3) is 5.78 Å². The second-order valence-electron chi connectivity index (χ2n) is 5.38. The minimum atomic E-state index is -0.846. The zero-order valence-corrected chi connectivity index (χ0v) is 13.0. The summed E-state index contributed by atoms with van der Waals surface area (Å²) in [5, 5.41) is 4.02. The van der Waals surface area contributed by atoms with Crippen molar-refractivity contribution in [1.29, 1.82) is 0 Å². The average molecular weight is 337 g/mol. The van der Waals surface area contributed by atoms with E-state index < -0.39 is 24.5 Å². The lowest BCUT2D eigenvalue weighted by molar-refractivity contribution is 0.0219. The first-order valence-corrected chi connectivity index (χ1v) is 7.37. The molecule has 0 unspecified atom stereocenters. The van der Waals surface area contributed by atoms with E-state index in [1.165, 1.54) is 4.52 Å². The summed E-state index contributed by atoms with van der Waals surface area (Å²) in [6.45, 7) is 1.28. The number of hydrogen-bond acceptors (Lipinski definition) is 7. The molecule has 2 amide bonds. The molecule has 0 saturated heterocycles. The molecule has 1 aliphatic heterocycles. The van der Waals surface area contributed by atoms with Gasteiger partial charge in [0, 0.05) is 11.9 Å². The predicted octanol–water partition coefficient (Wildman–Crippen LogP) is 0.843. The summed E-state index contributed by atoms with van der Waals surface area (Å²) < 4.78 is 6.43. The average Bonchev–Trinajstić information content (AvgIpc) is 3.16. The molecule has 1 aromatic carbocycles. The Bertz CT molecular complexity index is 1010. The molecule has 0 radical (unpaired) electrons. The van der Waals surface area contributed by atoms with Gasteiger partial charge < -0.3 is 4.74 Å². The van der Waals surface area contributed by atoms with Crippen LogP contribution in [0.4, 0.5) is 0 Å². The van der Waals surface area contributed by atoms with Crippen molar-refractivity contribution in [2.24, 2.45) is 0 Å². The maximum atomic E-state index is 12.2. The summed E-state index contributed by atoms with van der Waals surface area (Å²) in [5.41, 5.74) is 1.32. The van der Waals surface area contributed by atoms with E-state index in [0.29, 0.717) is 0 Å². The number of hydrogen-bond donors (Lipinski definition) is 0. The smallest absolute Gasteiger partial charge is 0.380 e. The number of benzene rings is 1. The molecule has 1 aliphatic rings. The second kappa shape index (κ2) is 5.48. The van der Waals surface area contributed by atoms with Crippen LogP contribution in [0.3, 0.4) is 0 Å². The van der Waals surface area contributed by atoms with E-state index in [1.807, 2.05) is 0 Å². The maximum absolute atomic E-state index is 12.2. The normalized spacial score (nSPS) is 13.4. The summed E-state index contributed by atoms with van der Waals surface area (Å²) >= 11 is 0. The van der Waals surface area contributed by atoms with Crippen molar-refractivity contribution in [3.63, 3.8) is 0 Å². The van der Waals surface area contributed by atoms with Gasteiger partial charge in [-0.1, -0.05) is 12.1 Å². The molecule has 0 N–H and O–H groups in total. The van der Waals surface area contributed by atoms with Crippen molar-refractivity contribution in [3.8, 4) is 0 Å². The number of amides is 2. The van der Waals surface area contributed by atoms with Gasteiger partial charge in [-0.25, -0.2) is 19.2 Å². The fourth-order valence-electron chi connectivity index (χ4n) is 2.54. The SMILES string of the molecule is Cc1ccnc2nc(C(=O)OCN3C(=O)c4ccccc4C3=O)nn12. The maximum Gasteiger partial charge on any atom is 0.380 e. The molecule has 25 heavy (non-hydrogen) atoms. The van der Waals surface area contributed by atoms with E-state index in [4.69, 9.17) is 4.74 Å². The Morgan fingerprint density at radius 1 is 1.12 bits per heavy atom. The molecule has 0 saturated carbocycles. The monoisotopic (exact) mass is 337 g/mol. The molecule has 9 heteroatoms. The standard InChI is InChI=1S/C16H11N5O4/c1-9-6-7-17-16-18-12(19-21(9)16)15(24)25-8-20-13(22)10-4-2-3-5-11(10)14(20)23/h2-7H,8H2,1H3. The highest BCUT2D eigenvalue weighted by Gasteiger charge is 2.36. The molecule has 0 spiro atoms. The Morgan fingerprint density at radius 3 is 2.44 bits per heavy atom. The fourth-order valence-corrected chi connectivity index (χ4v) is 2.54. The van der Waals surface area contributed by atoms with Crippen molar-refractivity contribution in [2.75, 3.05) is 6.73 Å². The zero-order chi connectivity index (χ0) is 17.6. The van der Waals surface area contributed by atoms with E-state index >= 15 is 0 Å². The quantitative estimate of drug-likeness (QED) is 0.515. The van der Waals surface area contributed by atoms with Gasteiger partial charge in [0.05, 0.1) is 11.1 Å². The first kappa shape index (κ1) is 14.9. The molecule has 2 aromatic heterocycles. The highest BCUT2D eigenvalue weighted by molar-refractivity contribution is 6.21. The third-order valence-electron chi connectivity index (χ3n) is 3.82. The molecule has 9 nitrogen and oxygen atoms in total. The van der Waals surface area contributed by atoms with Crippen LogP contribution in [-0.2, 0) is 4.74 Å². The van der Waals surface area contributed by atoms with E-state index in [-0.39, 0.29) is 22.7 Å². The third kappa shape index (κ3) is 2.33. The molecule has 0 aliphatic carbocycles. The molecular formula is C16H11N5O4. The molecular weight excluding hydrogens is 326 g/mol. The molecule has 3 aromatic rings. The van der Waals surface area contributed by atoms with Crippen LogP contribution in [0.5, 0.6) is 0 Å². The first-order chi connectivity index (χ1) is 12.1. The topological polar surface area (TPSA) is 107 Å². The summed E-state index contributed by atoms with van der Waals surface area (Å²) in [5.74, 6) is -1.80. The summed E-state index contributed by atoms with van der Waals surface area (Å²) in [7, 11) is 0. The number of ether oxygens (including phenoxy) is 1. The Kier molecular flexibility index (Phi) is 3.27. The molecule has 3 heterocycles.